The fourth-order valence-corrected chi connectivity index (χ4v) is 1.89. The Bertz CT molecular complexity index is 607. The summed E-state index contributed by atoms with van der Waals surface area (Å²) in [6.07, 6.45) is 2.07. The van der Waals surface area contributed by atoms with Gasteiger partial charge in [-0.25, -0.2) is 9.07 Å². The molecular formula is C12H12FN3O2. The molecule has 0 unspecified atom stereocenters. The Hall–Kier alpha value is -2.24. The number of carbonyl (C=O) groups is 1. The number of hydrogen-bond acceptors (Lipinski definition) is 3. The van der Waals surface area contributed by atoms with Crippen LogP contribution in [0, 0.1) is 10.7 Å². The summed E-state index contributed by atoms with van der Waals surface area (Å²) >= 11 is 0. The number of halogens is 1. The van der Waals surface area contributed by atoms with Crippen molar-refractivity contribution in [3.63, 3.8) is 0 Å². The van der Waals surface area contributed by atoms with Crippen LogP contribution in [0.2, 0.25) is 0 Å². The number of hydrogen-bond donors (Lipinski definition) is 1. The van der Waals surface area contributed by atoms with E-state index in [-0.39, 0.29) is 11.7 Å². The minimum absolute atomic E-state index is 0.126. The SMILES string of the molecule is CC(=O)NCCc1cn(N=O)c2ccc(F)cc12. The predicted octanol–water partition coefficient (Wildman–Crippen LogP) is 1.99. The summed E-state index contributed by atoms with van der Waals surface area (Å²) in [7, 11) is 0. The summed E-state index contributed by atoms with van der Waals surface area (Å²) in [5.41, 5.74) is 1.34. The number of rotatable bonds is 4. The van der Waals surface area contributed by atoms with Gasteiger partial charge in [0.1, 0.15) is 5.82 Å². The van der Waals surface area contributed by atoms with Crippen molar-refractivity contribution in [1.82, 2.24) is 9.99 Å². The van der Waals surface area contributed by atoms with Crippen LogP contribution in [0.1, 0.15) is 12.5 Å². The van der Waals surface area contributed by atoms with Crippen LogP contribution in [-0.4, -0.2) is 17.1 Å². The van der Waals surface area contributed by atoms with Gasteiger partial charge in [-0.1, -0.05) is 0 Å². The number of nitrogens with zero attached hydrogens (tertiary/aromatic N) is 2. The van der Waals surface area contributed by atoms with Crippen molar-refractivity contribution in [2.45, 2.75) is 13.3 Å². The van der Waals surface area contributed by atoms with Crippen molar-refractivity contribution >= 4 is 16.8 Å². The average molecular weight is 249 g/mol. The standard InChI is InChI=1S/C12H12FN3O2/c1-8(17)14-5-4-9-7-16(15-18)12-3-2-10(13)6-11(9)12/h2-3,6-7H,4-5H2,1H3,(H,14,17). The summed E-state index contributed by atoms with van der Waals surface area (Å²) in [5.74, 6) is -0.495. The zero-order chi connectivity index (χ0) is 13.1. The van der Waals surface area contributed by atoms with Gasteiger partial charge in [0.15, 0.2) is 0 Å². The highest BCUT2D eigenvalue weighted by Gasteiger charge is 2.09. The van der Waals surface area contributed by atoms with Crippen LogP contribution in [0.5, 0.6) is 0 Å². The van der Waals surface area contributed by atoms with Crippen LogP contribution in [0.25, 0.3) is 10.9 Å². The van der Waals surface area contributed by atoms with Gasteiger partial charge in [-0.15, -0.1) is 4.91 Å². The molecule has 1 aromatic heterocycles. The summed E-state index contributed by atoms with van der Waals surface area (Å²) in [4.78, 5) is 21.4. The smallest absolute Gasteiger partial charge is 0.216 e. The van der Waals surface area contributed by atoms with E-state index in [0.717, 1.165) is 10.2 Å². The van der Waals surface area contributed by atoms with Crippen molar-refractivity contribution in [2.24, 2.45) is 5.29 Å². The van der Waals surface area contributed by atoms with Crippen LogP contribution in [-0.2, 0) is 11.2 Å². The van der Waals surface area contributed by atoms with E-state index >= 15 is 0 Å². The van der Waals surface area contributed by atoms with E-state index in [4.69, 9.17) is 0 Å². The molecule has 0 aliphatic rings. The summed E-state index contributed by atoms with van der Waals surface area (Å²) in [6, 6.07) is 4.15. The Kier molecular flexibility index (Phi) is 3.36. The molecule has 0 atom stereocenters. The molecule has 1 aromatic carbocycles. The minimum atomic E-state index is -0.369. The van der Waals surface area contributed by atoms with Gasteiger partial charge >= 0.3 is 0 Å². The zero-order valence-corrected chi connectivity index (χ0v) is 9.81. The van der Waals surface area contributed by atoms with E-state index in [1.807, 2.05) is 0 Å². The van der Waals surface area contributed by atoms with Crippen molar-refractivity contribution in [2.75, 3.05) is 6.54 Å². The highest BCUT2D eigenvalue weighted by molar-refractivity contribution is 5.84. The highest BCUT2D eigenvalue weighted by atomic mass is 19.1. The number of carbonyl (C=O) groups excluding carboxylic acids is 1. The predicted molar refractivity (Wildman–Crippen MR) is 65.5 cm³/mol. The van der Waals surface area contributed by atoms with Gasteiger partial charge in [-0.2, -0.15) is 0 Å². The molecular weight excluding hydrogens is 237 g/mol. The first kappa shape index (κ1) is 12.2. The molecule has 0 saturated carbocycles. The first-order valence-electron chi connectivity index (χ1n) is 5.49. The lowest BCUT2D eigenvalue weighted by Crippen LogP contribution is -2.22. The van der Waals surface area contributed by atoms with Crippen LogP contribution in [0.4, 0.5) is 4.39 Å². The van der Waals surface area contributed by atoms with Gasteiger partial charge in [0.2, 0.25) is 5.91 Å². The first-order valence-corrected chi connectivity index (χ1v) is 5.49. The van der Waals surface area contributed by atoms with E-state index in [9.17, 15) is 14.1 Å². The summed E-state index contributed by atoms with van der Waals surface area (Å²) in [5, 5.41) is 6.14. The average Bonchev–Trinajstić information content (AvgIpc) is 2.66. The van der Waals surface area contributed by atoms with Gasteiger partial charge in [-0.3, -0.25) is 4.79 Å². The van der Waals surface area contributed by atoms with Crippen molar-refractivity contribution in [1.29, 1.82) is 0 Å². The van der Waals surface area contributed by atoms with Crippen LogP contribution in [0.15, 0.2) is 29.7 Å². The maximum atomic E-state index is 13.2. The lowest BCUT2D eigenvalue weighted by atomic mass is 10.1. The molecule has 1 N–H and O–H groups in total. The number of amides is 1. The largest absolute Gasteiger partial charge is 0.356 e. The molecule has 0 bridgehead atoms. The second kappa shape index (κ2) is 4.95. The van der Waals surface area contributed by atoms with Gasteiger partial charge in [-0.05, 0) is 30.2 Å². The number of benzene rings is 1. The van der Waals surface area contributed by atoms with Crippen LogP contribution in [0.3, 0.4) is 0 Å². The van der Waals surface area contributed by atoms with Crippen molar-refractivity contribution in [3.05, 3.63) is 40.7 Å². The van der Waals surface area contributed by atoms with E-state index in [1.165, 1.54) is 25.1 Å². The van der Waals surface area contributed by atoms with E-state index in [2.05, 4.69) is 10.6 Å². The topological polar surface area (TPSA) is 63.5 Å². The number of nitrogens with one attached hydrogen (secondary N) is 1. The molecule has 0 radical (unpaired) electrons. The van der Waals surface area contributed by atoms with E-state index in [0.29, 0.717) is 23.9 Å². The molecule has 18 heavy (non-hydrogen) atoms. The molecule has 1 amide bonds. The molecule has 0 saturated heterocycles. The molecule has 2 aromatic rings. The molecule has 0 aliphatic heterocycles. The fourth-order valence-electron chi connectivity index (χ4n) is 1.89. The second-order valence-electron chi connectivity index (χ2n) is 3.97. The van der Waals surface area contributed by atoms with E-state index < -0.39 is 0 Å². The van der Waals surface area contributed by atoms with Gasteiger partial charge in [0.05, 0.1) is 10.8 Å². The Morgan fingerprint density at radius 3 is 2.94 bits per heavy atom. The Morgan fingerprint density at radius 2 is 2.28 bits per heavy atom. The number of nitroso groups, excluding NO2 is 1. The Labute approximate surface area is 103 Å². The zero-order valence-electron chi connectivity index (χ0n) is 9.81. The van der Waals surface area contributed by atoms with Crippen LogP contribution >= 0.6 is 0 Å². The number of fused-ring (bicyclic) bond motifs is 1. The number of aromatic nitrogens is 1. The van der Waals surface area contributed by atoms with Gasteiger partial charge in [0, 0.05) is 25.1 Å². The molecule has 6 heteroatoms. The molecule has 2 rings (SSSR count). The maximum Gasteiger partial charge on any atom is 0.216 e. The summed E-state index contributed by atoms with van der Waals surface area (Å²) in [6.45, 7) is 1.86. The molecule has 5 nitrogen and oxygen atoms in total. The highest BCUT2D eigenvalue weighted by Crippen LogP contribution is 2.22. The van der Waals surface area contributed by atoms with Crippen molar-refractivity contribution in [3.8, 4) is 0 Å². The lowest BCUT2D eigenvalue weighted by molar-refractivity contribution is -0.118. The second-order valence-corrected chi connectivity index (χ2v) is 3.97. The van der Waals surface area contributed by atoms with Crippen LogP contribution < -0.4 is 5.32 Å². The van der Waals surface area contributed by atoms with E-state index in [1.54, 1.807) is 6.20 Å². The molecule has 94 valence electrons. The maximum absolute atomic E-state index is 13.2. The lowest BCUT2D eigenvalue weighted by Gasteiger charge is -2.00. The third-order valence-corrected chi connectivity index (χ3v) is 2.69. The molecule has 0 aliphatic carbocycles. The third-order valence-electron chi connectivity index (χ3n) is 2.69. The molecule has 0 spiro atoms. The Morgan fingerprint density at radius 1 is 1.50 bits per heavy atom. The van der Waals surface area contributed by atoms with Crippen molar-refractivity contribution < 1.29 is 9.18 Å². The molecule has 1 heterocycles. The molecule has 0 fully saturated rings. The Balaban J connectivity index is 2.34. The normalized spacial score (nSPS) is 10.6. The first-order chi connectivity index (χ1) is 8.61. The fraction of sp³-hybridized carbons (Fsp3) is 0.250. The monoisotopic (exact) mass is 249 g/mol. The third kappa shape index (κ3) is 2.37. The minimum Gasteiger partial charge on any atom is -0.356 e. The summed E-state index contributed by atoms with van der Waals surface area (Å²) < 4.78 is 14.4. The van der Waals surface area contributed by atoms with Gasteiger partial charge in [0.25, 0.3) is 0 Å². The quantitative estimate of drug-likeness (QED) is 0.842. The van der Waals surface area contributed by atoms with Gasteiger partial charge < -0.3 is 5.32 Å².